The molecule has 2 N–H and O–H groups in total. The van der Waals surface area contributed by atoms with E-state index in [0.717, 1.165) is 11.4 Å². The molecule has 110 valence electrons. The molecule has 0 saturated carbocycles. The van der Waals surface area contributed by atoms with E-state index in [1.165, 1.54) is 32.4 Å². The number of nitrogens with one attached hydrogen (secondary N) is 2. The van der Waals surface area contributed by atoms with Crippen LogP contribution in [0.25, 0.3) is 5.69 Å². The van der Waals surface area contributed by atoms with Crippen molar-refractivity contribution in [3.8, 4) is 5.69 Å². The predicted octanol–water partition coefficient (Wildman–Crippen LogP) is 1.81. The number of fused-ring (bicyclic) bond motifs is 1. The molecule has 0 radical (unpaired) electrons. The number of H-pyrrole nitrogens is 1. The van der Waals surface area contributed by atoms with Crippen LogP contribution in [0.15, 0.2) is 41.5 Å². The van der Waals surface area contributed by atoms with E-state index in [9.17, 15) is 4.79 Å². The molecule has 21 heavy (non-hydrogen) atoms. The van der Waals surface area contributed by atoms with Crippen LogP contribution < -0.4 is 11.0 Å². The Kier molecular flexibility index (Phi) is 3.07. The Labute approximate surface area is 123 Å². The number of aromatic amines is 1. The van der Waals surface area contributed by atoms with Gasteiger partial charge in [0.2, 0.25) is 0 Å². The Balaban J connectivity index is 1.49. The molecule has 0 aliphatic carbocycles. The fourth-order valence-corrected chi connectivity index (χ4v) is 3.71. The smallest absolute Gasteiger partial charge is 0.330 e. The summed E-state index contributed by atoms with van der Waals surface area (Å²) in [6.45, 7) is 2.48. The van der Waals surface area contributed by atoms with Crippen LogP contribution in [0.1, 0.15) is 19.3 Å². The first-order valence-corrected chi connectivity index (χ1v) is 7.68. The quantitative estimate of drug-likeness (QED) is 0.904. The van der Waals surface area contributed by atoms with E-state index < -0.39 is 0 Å². The normalized spacial score (nSPS) is 25.1. The maximum atomic E-state index is 11.6. The summed E-state index contributed by atoms with van der Waals surface area (Å²) < 4.78 is 1.61. The van der Waals surface area contributed by atoms with Gasteiger partial charge in [0.25, 0.3) is 0 Å². The second kappa shape index (κ2) is 5.07. The molecule has 0 spiro atoms. The van der Waals surface area contributed by atoms with Gasteiger partial charge >= 0.3 is 5.69 Å². The first-order valence-electron chi connectivity index (χ1n) is 7.68. The number of rotatable bonds is 3. The van der Waals surface area contributed by atoms with Crippen LogP contribution >= 0.6 is 0 Å². The van der Waals surface area contributed by atoms with Crippen molar-refractivity contribution in [1.29, 1.82) is 0 Å². The summed E-state index contributed by atoms with van der Waals surface area (Å²) >= 11 is 0. The monoisotopic (exact) mass is 284 g/mol. The van der Waals surface area contributed by atoms with Gasteiger partial charge in [0, 0.05) is 36.7 Å². The maximum Gasteiger partial charge on any atom is 0.330 e. The molecule has 2 fully saturated rings. The Hall–Kier alpha value is -2.01. The van der Waals surface area contributed by atoms with E-state index >= 15 is 0 Å². The first kappa shape index (κ1) is 12.7. The van der Waals surface area contributed by atoms with Crippen molar-refractivity contribution >= 4 is 5.69 Å². The van der Waals surface area contributed by atoms with Crippen LogP contribution in [0.2, 0.25) is 0 Å². The molecular formula is C16H20N4O. The largest absolute Gasteiger partial charge is 0.381 e. The predicted molar refractivity (Wildman–Crippen MR) is 83.0 cm³/mol. The third-order valence-electron chi connectivity index (χ3n) is 4.75. The minimum absolute atomic E-state index is 0.104. The van der Waals surface area contributed by atoms with Crippen molar-refractivity contribution < 1.29 is 0 Å². The molecule has 2 saturated heterocycles. The van der Waals surface area contributed by atoms with Gasteiger partial charge in [0.05, 0.1) is 5.69 Å². The van der Waals surface area contributed by atoms with E-state index in [1.807, 2.05) is 12.1 Å². The van der Waals surface area contributed by atoms with E-state index in [4.69, 9.17) is 0 Å². The van der Waals surface area contributed by atoms with Gasteiger partial charge in [-0.05, 0) is 50.1 Å². The minimum atomic E-state index is -0.104. The number of hydrogen-bond donors (Lipinski definition) is 2. The lowest BCUT2D eigenvalue weighted by molar-refractivity contribution is 0.318. The number of imidazole rings is 1. The Morgan fingerprint density at radius 2 is 2.00 bits per heavy atom. The zero-order chi connectivity index (χ0) is 14.2. The minimum Gasteiger partial charge on any atom is -0.381 e. The van der Waals surface area contributed by atoms with E-state index in [2.05, 4.69) is 27.3 Å². The molecule has 0 bridgehead atoms. The summed E-state index contributed by atoms with van der Waals surface area (Å²) in [5.41, 5.74) is 1.93. The number of nitrogens with zero attached hydrogens (tertiary/aromatic N) is 2. The molecule has 1 aromatic carbocycles. The molecule has 2 aliphatic rings. The maximum absolute atomic E-state index is 11.6. The van der Waals surface area contributed by atoms with Crippen LogP contribution in [-0.4, -0.2) is 39.6 Å². The molecule has 3 heterocycles. The van der Waals surface area contributed by atoms with Gasteiger partial charge in [-0.3, -0.25) is 9.47 Å². The zero-order valence-corrected chi connectivity index (χ0v) is 12.0. The second-order valence-electron chi connectivity index (χ2n) is 5.97. The Bertz CT molecular complexity index is 672. The summed E-state index contributed by atoms with van der Waals surface area (Å²) in [6, 6.07) is 9.36. The summed E-state index contributed by atoms with van der Waals surface area (Å²) in [4.78, 5) is 16.8. The SMILES string of the molecule is O=c1[nH]ccn1-c1ccc(NC2CCN3CCCC23)cc1. The van der Waals surface area contributed by atoms with Crippen LogP contribution in [-0.2, 0) is 0 Å². The highest BCUT2D eigenvalue weighted by atomic mass is 16.1. The van der Waals surface area contributed by atoms with E-state index in [-0.39, 0.29) is 5.69 Å². The number of anilines is 1. The van der Waals surface area contributed by atoms with Gasteiger partial charge in [0.1, 0.15) is 0 Å². The molecule has 5 heteroatoms. The van der Waals surface area contributed by atoms with Crippen LogP contribution in [0.5, 0.6) is 0 Å². The Morgan fingerprint density at radius 1 is 1.14 bits per heavy atom. The van der Waals surface area contributed by atoms with Crippen LogP contribution in [0.3, 0.4) is 0 Å². The third-order valence-corrected chi connectivity index (χ3v) is 4.75. The lowest BCUT2D eigenvalue weighted by Gasteiger charge is -2.22. The molecule has 0 amide bonds. The van der Waals surface area contributed by atoms with Gasteiger partial charge in [-0.2, -0.15) is 0 Å². The fourth-order valence-electron chi connectivity index (χ4n) is 3.71. The summed E-state index contributed by atoms with van der Waals surface area (Å²) in [5.74, 6) is 0. The van der Waals surface area contributed by atoms with Crippen molar-refractivity contribution in [2.24, 2.45) is 0 Å². The average molecular weight is 284 g/mol. The topological polar surface area (TPSA) is 53.1 Å². The van der Waals surface area contributed by atoms with Crippen LogP contribution in [0.4, 0.5) is 5.69 Å². The van der Waals surface area contributed by atoms with E-state index in [0.29, 0.717) is 12.1 Å². The standard InChI is InChI=1S/C16H20N4O/c21-16-17-8-11-20(16)13-5-3-12(4-6-13)18-14-7-10-19-9-1-2-15(14)19/h3-6,8,11,14-15,18H,1-2,7,9-10H2,(H,17,21). The second-order valence-corrected chi connectivity index (χ2v) is 5.97. The highest BCUT2D eigenvalue weighted by Crippen LogP contribution is 2.30. The molecule has 5 nitrogen and oxygen atoms in total. The molecule has 2 unspecified atom stereocenters. The molecular weight excluding hydrogens is 264 g/mol. The molecule has 2 atom stereocenters. The van der Waals surface area contributed by atoms with Crippen LogP contribution in [0, 0.1) is 0 Å². The molecule has 2 aromatic rings. The van der Waals surface area contributed by atoms with Gasteiger partial charge in [0.15, 0.2) is 0 Å². The lowest BCUT2D eigenvalue weighted by Crippen LogP contribution is -2.33. The fraction of sp³-hybridized carbons (Fsp3) is 0.438. The zero-order valence-electron chi connectivity index (χ0n) is 12.0. The first-order chi connectivity index (χ1) is 10.3. The van der Waals surface area contributed by atoms with E-state index in [1.54, 1.807) is 17.0 Å². The summed E-state index contributed by atoms with van der Waals surface area (Å²) in [6.07, 6.45) is 7.27. The number of benzene rings is 1. The Morgan fingerprint density at radius 3 is 2.76 bits per heavy atom. The highest BCUT2D eigenvalue weighted by molar-refractivity contribution is 5.49. The number of aromatic nitrogens is 2. The lowest BCUT2D eigenvalue weighted by atomic mass is 10.1. The van der Waals surface area contributed by atoms with Crippen molar-refractivity contribution in [2.45, 2.75) is 31.3 Å². The van der Waals surface area contributed by atoms with Gasteiger partial charge in [-0.1, -0.05) is 0 Å². The van der Waals surface area contributed by atoms with Crippen molar-refractivity contribution in [1.82, 2.24) is 14.5 Å². The van der Waals surface area contributed by atoms with Crippen molar-refractivity contribution in [2.75, 3.05) is 18.4 Å². The molecule has 2 aliphatic heterocycles. The average Bonchev–Trinajstić information content (AvgIpc) is 3.19. The highest BCUT2D eigenvalue weighted by Gasteiger charge is 2.36. The van der Waals surface area contributed by atoms with Gasteiger partial charge in [-0.25, -0.2) is 4.79 Å². The van der Waals surface area contributed by atoms with Gasteiger partial charge < -0.3 is 10.3 Å². The number of hydrogen-bond acceptors (Lipinski definition) is 3. The summed E-state index contributed by atoms with van der Waals surface area (Å²) in [7, 11) is 0. The molecule has 4 rings (SSSR count). The van der Waals surface area contributed by atoms with Crippen molar-refractivity contribution in [3.05, 3.63) is 47.1 Å². The summed E-state index contributed by atoms with van der Waals surface area (Å²) in [5, 5.41) is 3.66. The molecule has 1 aromatic heterocycles. The third kappa shape index (κ3) is 2.27. The van der Waals surface area contributed by atoms with Crippen molar-refractivity contribution in [3.63, 3.8) is 0 Å². The van der Waals surface area contributed by atoms with Gasteiger partial charge in [-0.15, -0.1) is 0 Å².